The van der Waals surface area contributed by atoms with Crippen molar-refractivity contribution >= 4 is 23.5 Å². The molecule has 11 nitrogen and oxygen atoms in total. The number of phenolic OH excluding ortho intramolecular Hbond substituents is 1. The number of benzene rings is 2. The van der Waals surface area contributed by atoms with Gasteiger partial charge in [0.25, 0.3) is 0 Å². The van der Waals surface area contributed by atoms with Gasteiger partial charge in [0.05, 0.1) is 17.6 Å². The SMILES string of the molecule is CNC(=O)N[C@@]1(C)[C@@H](N)[C@H](Nc2cccc(C(C)=O)c2)[C@](O)(COC(=O)c2c(C)cccc2O)[C@]1(C)O. The number of urea groups is 1. The van der Waals surface area contributed by atoms with Gasteiger partial charge in [0, 0.05) is 18.3 Å². The topological polar surface area (TPSA) is 183 Å². The number of carbonyl (C=O) groups excluding carboxylic acids is 3. The second kappa shape index (κ2) is 10.0. The fraction of sp³-hybridized carbons (Fsp3) is 0.423. The average Bonchev–Trinajstić information content (AvgIpc) is 2.94. The Morgan fingerprint density at radius 2 is 1.76 bits per heavy atom. The number of nitrogens with one attached hydrogen (secondary N) is 3. The Hall–Kier alpha value is -3.67. The van der Waals surface area contributed by atoms with Gasteiger partial charge in [-0.2, -0.15) is 0 Å². The zero-order chi connectivity index (χ0) is 27.8. The van der Waals surface area contributed by atoms with E-state index >= 15 is 0 Å². The molecule has 2 aromatic carbocycles. The number of phenols is 1. The number of aryl methyl sites for hydroxylation is 1. The van der Waals surface area contributed by atoms with Crippen LogP contribution in [0.3, 0.4) is 0 Å². The van der Waals surface area contributed by atoms with Crippen molar-refractivity contribution in [2.75, 3.05) is 19.0 Å². The number of hydrogen-bond acceptors (Lipinski definition) is 9. The summed E-state index contributed by atoms with van der Waals surface area (Å²) in [6.07, 6.45) is 0. The molecule has 2 aromatic rings. The lowest BCUT2D eigenvalue weighted by atomic mass is 9.77. The van der Waals surface area contributed by atoms with Gasteiger partial charge in [0.15, 0.2) is 11.4 Å². The van der Waals surface area contributed by atoms with Gasteiger partial charge >= 0.3 is 12.0 Å². The van der Waals surface area contributed by atoms with Crippen LogP contribution < -0.4 is 21.7 Å². The molecule has 11 heteroatoms. The summed E-state index contributed by atoms with van der Waals surface area (Å²) in [5, 5.41) is 42.0. The smallest absolute Gasteiger partial charge is 0.342 e. The lowest BCUT2D eigenvalue weighted by molar-refractivity contribution is -0.168. The molecule has 1 saturated carbocycles. The second-order valence-corrected chi connectivity index (χ2v) is 9.73. The first-order valence-electron chi connectivity index (χ1n) is 11.7. The number of esters is 1. The Morgan fingerprint density at radius 3 is 2.35 bits per heavy atom. The number of carbonyl (C=O) groups is 3. The molecule has 0 bridgehead atoms. The lowest BCUT2D eigenvalue weighted by Crippen LogP contribution is -2.70. The molecule has 3 rings (SSSR count). The van der Waals surface area contributed by atoms with Crippen molar-refractivity contribution in [1.29, 1.82) is 0 Å². The minimum Gasteiger partial charge on any atom is -0.507 e. The maximum Gasteiger partial charge on any atom is 0.342 e. The summed E-state index contributed by atoms with van der Waals surface area (Å²) in [6.45, 7) is 5.04. The second-order valence-electron chi connectivity index (χ2n) is 9.73. The van der Waals surface area contributed by atoms with Gasteiger partial charge in [0.1, 0.15) is 23.5 Å². The molecule has 5 atom stereocenters. The van der Waals surface area contributed by atoms with E-state index in [-0.39, 0.29) is 17.1 Å². The lowest BCUT2D eigenvalue weighted by Gasteiger charge is -2.44. The van der Waals surface area contributed by atoms with Crippen LogP contribution in [-0.2, 0) is 4.74 Å². The van der Waals surface area contributed by atoms with E-state index in [0.717, 1.165) is 0 Å². The zero-order valence-corrected chi connectivity index (χ0v) is 21.5. The molecule has 1 aliphatic carbocycles. The van der Waals surface area contributed by atoms with Crippen molar-refractivity contribution in [2.45, 2.75) is 56.5 Å². The first-order valence-corrected chi connectivity index (χ1v) is 11.7. The molecule has 0 aromatic heterocycles. The van der Waals surface area contributed by atoms with Crippen LogP contribution in [0.2, 0.25) is 0 Å². The van der Waals surface area contributed by atoms with Gasteiger partial charge in [-0.05, 0) is 51.5 Å². The van der Waals surface area contributed by atoms with Gasteiger partial charge in [-0.25, -0.2) is 9.59 Å². The normalized spacial score (nSPS) is 28.9. The van der Waals surface area contributed by atoms with Gasteiger partial charge in [-0.1, -0.05) is 24.3 Å². The molecule has 0 radical (unpaired) electrons. The molecule has 37 heavy (non-hydrogen) atoms. The number of ether oxygens (including phenoxy) is 1. The summed E-state index contributed by atoms with van der Waals surface area (Å²) >= 11 is 0. The minimum absolute atomic E-state index is 0.0852. The monoisotopic (exact) mass is 514 g/mol. The van der Waals surface area contributed by atoms with E-state index in [1.807, 2.05) is 0 Å². The molecular weight excluding hydrogens is 480 g/mol. The molecule has 0 spiro atoms. The van der Waals surface area contributed by atoms with Crippen LogP contribution in [0.1, 0.15) is 47.1 Å². The molecule has 0 aliphatic heterocycles. The number of aliphatic hydroxyl groups is 2. The fourth-order valence-corrected chi connectivity index (χ4v) is 4.82. The number of nitrogens with two attached hydrogens (primary N) is 1. The molecular formula is C26H34N4O7. The van der Waals surface area contributed by atoms with E-state index in [1.165, 1.54) is 33.9 Å². The quantitative estimate of drug-likeness (QED) is 0.210. The molecule has 0 heterocycles. The highest BCUT2D eigenvalue weighted by Gasteiger charge is 2.72. The van der Waals surface area contributed by atoms with E-state index in [4.69, 9.17) is 10.5 Å². The van der Waals surface area contributed by atoms with Crippen molar-refractivity contribution in [3.63, 3.8) is 0 Å². The fourth-order valence-electron chi connectivity index (χ4n) is 4.82. The number of rotatable bonds is 7. The van der Waals surface area contributed by atoms with Crippen molar-refractivity contribution in [1.82, 2.24) is 10.6 Å². The number of ketones is 1. The molecule has 1 aliphatic rings. The predicted octanol–water partition coefficient (Wildman–Crippen LogP) is 1.05. The van der Waals surface area contributed by atoms with Crippen LogP contribution in [0.5, 0.6) is 5.75 Å². The summed E-state index contributed by atoms with van der Waals surface area (Å²) in [5.74, 6) is -1.40. The van der Waals surface area contributed by atoms with Gasteiger partial charge in [-0.15, -0.1) is 0 Å². The summed E-state index contributed by atoms with van der Waals surface area (Å²) < 4.78 is 5.43. The van der Waals surface area contributed by atoms with Crippen LogP contribution in [0.25, 0.3) is 0 Å². The Balaban J connectivity index is 2.03. The highest BCUT2D eigenvalue weighted by molar-refractivity contribution is 5.95. The van der Waals surface area contributed by atoms with Crippen molar-refractivity contribution in [3.05, 3.63) is 59.2 Å². The summed E-state index contributed by atoms with van der Waals surface area (Å²) in [7, 11) is 1.39. The number of hydrogen-bond donors (Lipinski definition) is 7. The number of Topliss-reactive ketones (excluding diaryl/α,β-unsaturated/α-hetero) is 1. The standard InChI is InChI=1S/C26H34N4O7/c1-14-8-6-11-18(32)19(14)22(33)37-13-26(36)21(29-17-10-7-9-16(12-17)15(2)31)20(27)24(3,25(26,4)35)30-23(34)28-5/h6-12,20-21,29,32,35-36H,13,27H2,1-5H3,(H2,28,30,34)/t20-,21-,24-,25+,26+/m0/s1. The maximum atomic E-state index is 12.9. The van der Waals surface area contributed by atoms with Crippen molar-refractivity contribution in [2.24, 2.45) is 5.73 Å². The highest BCUT2D eigenvalue weighted by atomic mass is 16.5. The van der Waals surface area contributed by atoms with Gasteiger partial charge in [-0.3, -0.25) is 4.79 Å². The third-order valence-electron chi connectivity index (χ3n) is 7.46. The first kappa shape index (κ1) is 27.9. The summed E-state index contributed by atoms with van der Waals surface area (Å²) in [4.78, 5) is 37.1. The Labute approximate surface area is 215 Å². The van der Waals surface area contributed by atoms with E-state index in [1.54, 1.807) is 43.3 Å². The van der Waals surface area contributed by atoms with Crippen molar-refractivity contribution in [3.8, 4) is 5.75 Å². The minimum atomic E-state index is -2.25. The maximum absolute atomic E-state index is 12.9. The van der Waals surface area contributed by atoms with E-state index in [2.05, 4.69) is 16.0 Å². The van der Waals surface area contributed by atoms with Crippen LogP contribution >= 0.6 is 0 Å². The van der Waals surface area contributed by atoms with Crippen LogP contribution in [-0.4, -0.2) is 75.6 Å². The summed E-state index contributed by atoms with van der Waals surface area (Å²) in [6, 6.07) is 8.04. The Bertz CT molecular complexity index is 1200. The van der Waals surface area contributed by atoms with Crippen molar-refractivity contribution < 1.29 is 34.4 Å². The van der Waals surface area contributed by atoms with Gasteiger partial charge < -0.3 is 41.7 Å². The average molecular weight is 515 g/mol. The largest absolute Gasteiger partial charge is 0.507 e. The molecule has 1 fully saturated rings. The van der Waals surface area contributed by atoms with E-state index in [0.29, 0.717) is 16.8 Å². The molecule has 0 saturated heterocycles. The van der Waals surface area contributed by atoms with Gasteiger partial charge in [0.2, 0.25) is 0 Å². The number of aromatic hydroxyl groups is 1. The zero-order valence-electron chi connectivity index (χ0n) is 21.5. The predicted molar refractivity (Wildman–Crippen MR) is 137 cm³/mol. The van der Waals surface area contributed by atoms with Crippen LogP contribution in [0, 0.1) is 6.92 Å². The number of amides is 2. The molecule has 8 N–H and O–H groups in total. The van der Waals surface area contributed by atoms with E-state index < -0.39 is 47.4 Å². The van der Waals surface area contributed by atoms with Crippen LogP contribution in [0.15, 0.2) is 42.5 Å². The number of anilines is 1. The third kappa shape index (κ3) is 4.73. The Morgan fingerprint density at radius 1 is 1.11 bits per heavy atom. The molecule has 0 unspecified atom stereocenters. The first-order chi connectivity index (χ1) is 17.2. The van der Waals surface area contributed by atoms with E-state index in [9.17, 15) is 29.7 Å². The molecule has 200 valence electrons. The van der Waals surface area contributed by atoms with Crippen LogP contribution in [0.4, 0.5) is 10.5 Å². The highest BCUT2D eigenvalue weighted by Crippen LogP contribution is 2.47. The summed E-state index contributed by atoms with van der Waals surface area (Å²) in [5.41, 5.74) is 1.73. The molecule has 2 amide bonds. The third-order valence-corrected chi connectivity index (χ3v) is 7.46. The Kier molecular flexibility index (Phi) is 7.54.